The number of rotatable bonds is 8. The van der Waals surface area contributed by atoms with E-state index in [0.29, 0.717) is 22.2 Å². The van der Waals surface area contributed by atoms with E-state index in [4.69, 9.17) is 10.5 Å². The highest BCUT2D eigenvalue weighted by atomic mass is 32.2. The molecule has 0 bridgehead atoms. The third-order valence-corrected chi connectivity index (χ3v) is 8.33. The number of sulfonamides is 1. The van der Waals surface area contributed by atoms with Crippen molar-refractivity contribution in [3.63, 3.8) is 0 Å². The molecule has 1 aliphatic rings. The molecule has 1 fully saturated rings. The maximum Gasteiger partial charge on any atom is 0.219 e. The van der Waals surface area contributed by atoms with Crippen molar-refractivity contribution in [1.82, 2.24) is 24.1 Å². The second kappa shape index (κ2) is 10.4. The van der Waals surface area contributed by atoms with Gasteiger partial charge in [0.05, 0.1) is 47.3 Å². The summed E-state index contributed by atoms with van der Waals surface area (Å²) in [6.45, 7) is 2.14. The summed E-state index contributed by atoms with van der Waals surface area (Å²) < 4.78 is 73.8. The minimum atomic E-state index is -3.30. The molecule has 43 heavy (non-hydrogen) atoms. The molecule has 4 heterocycles. The maximum atomic E-state index is 14.8. The van der Waals surface area contributed by atoms with E-state index in [1.54, 1.807) is 6.92 Å². The molecule has 0 atom stereocenters. The first-order valence-corrected chi connectivity index (χ1v) is 14.7. The van der Waals surface area contributed by atoms with E-state index in [-0.39, 0.29) is 47.8 Å². The van der Waals surface area contributed by atoms with Crippen molar-refractivity contribution >= 4 is 38.2 Å². The highest BCUT2D eigenvalue weighted by molar-refractivity contribution is 7.88. The first kappa shape index (κ1) is 28.2. The number of para-hydroxylation sites is 1. The molecule has 0 aliphatic carbocycles. The number of aromatic nitrogens is 4. The largest absolute Gasteiger partial charge is 0.433 e. The van der Waals surface area contributed by atoms with Crippen LogP contribution in [0.25, 0.3) is 16.6 Å². The molecule has 11 nitrogen and oxygen atoms in total. The predicted molar refractivity (Wildman–Crippen MR) is 152 cm³/mol. The monoisotopic (exact) mass is 611 g/mol. The Bertz CT molecular complexity index is 2000. The van der Waals surface area contributed by atoms with Crippen LogP contribution in [0.5, 0.6) is 11.6 Å². The number of nitrogen functional groups attached to an aromatic ring is 1. The summed E-state index contributed by atoms with van der Waals surface area (Å²) in [5.74, 6) is -3.43. The summed E-state index contributed by atoms with van der Waals surface area (Å²) in [6, 6.07) is 8.83. The summed E-state index contributed by atoms with van der Waals surface area (Å²) in [7, 11) is -3.30. The molecular formula is C28H24F3N7O4S. The second-order valence-electron chi connectivity index (χ2n) is 10.2. The molecule has 222 valence electrons. The van der Waals surface area contributed by atoms with Crippen molar-refractivity contribution in [2.24, 2.45) is 0 Å². The van der Waals surface area contributed by atoms with E-state index in [1.807, 2.05) is 0 Å². The van der Waals surface area contributed by atoms with Crippen LogP contribution in [0, 0.1) is 24.4 Å². The van der Waals surface area contributed by atoms with Crippen LogP contribution in [0.15, 0.2) is 54.9 Å². The lowest BCUT2D eigenvalue weighted by Gasteiger charge is -2.38. The lowest BCUT2D eigenvalue weighted by Crippen LogP contribution is -2.56. The van der Waals surface area contributed by atoms with E-state index in [9.17, 15) is 26.4 Å². The molecule has 0 saturated carbocycles. The van der Waals surface area contributed by atoms with Gasteiger partial charge in [0.15, 0.2) is 11.6 Å². The predicted octanol–water partition coefficient (Wildman–Crippen LogP) is 4.14. The van der Waals surface area contributed by atoms with Gasteiger partial charge in [-0.1, -0.05) is 6.07 Å². The highest BCUT2D eigenvalue weighted by Gasteiger charge is 2.33. The average Bonchev–Trinajstić information content (AvgIpc) is 3.50. The first-order chi connectivity index (χ1) is 20.4. The standard InChI is InChI=1S/C28H24F3N7O4S/c1-14-6-25(42-27-18(29)4-3-5-19(27)30)33-11-24(14)38-28(32)17(10-34-38)26(39)23-8-15-7-20(31)22(9-21(15)36-23)35-16-12-37(13-16)43(2,40)41/h3-11,16,35-36H,12-13,32H2,1-2H3. The summed E-state index contributed by atoms with van der Waals surface area (Å²) in [6.07, 6.45) is 3.75. The number of fused-ring (bicyclic) bond motifs is 1. The molecule has 0 radical (unpaired) electrons. The molecule has 1 aliphatic heterocycles. The topological polar surface area (TPSA) is 148 Å². The number of ketones is 1. The van der Waals surface area contributed by atoms with Crippen LogP contribution in [0.2, 0.25) is 0 Å². The Morgan fingerprint density at radius 1 is 1.09 bits per heavy atom. The van der Waals surface area contributed by atoms with Gasteiger partial charge in [-0.2, -0.15) is 9.40 Å². The van der Waals surface area contributed by atoms with Crippen molar-refractivity contribution in [3.8, 4) is 17.3 Å². The van der Waals surface area contributed by atoms with Crippen LogP contribution in [0.1, 0.15) is 21.6 Å². The number of nitrogens with zero attached hydrogens (tertiary/aromatic N) is 4. The third kappa shape index (κ3) is 5.28. The van der Waals surface area contributed by atoms with Gasteiger partial charge in [0.2, 0.25) is 27.4 Å². The number of aryl methyl sites for hydroxylation is 1. The zero-order valence-corrected chi connectivity index (χ0v) is 23.5. The molecule has 6 rings (SSSR count). The number of anilines is 2. The van der Waals surface area contributed by atoms with Crippen LogP contribution in [-0.2, 0) is 10.0 Å². The van der Waals surface area contributed by atoms with Crippen molar-refractivity contribution in [2.75, 3.05) is 30.4 Å². The first-order valence-electron chi connectivity index (χ1n) is 12.9. The average molecular weight is 612 g/mol. The van der Waals surface area contributed by atoms with Gasteiger partial charge in [0.1, 0.15) is 11.6 Å². The number of nitrogens with two attached hydrogens (primary N) is 1. The molecule has 0 spiro atoms. The SMILES string of the molecule is Cc1cc(Oc2c(F)cccc2F)ncc1-n1ncc(C(=O)c2cc3cc(F)c(NC4CN(S(C)(=O)=O)C4)cc3[nH]2)c1N. The molecule has 2 aromatic carbocycles. The van der Waals surface area contributed by atoms with Gasteiger partial charge in [-0.3, -0.25) is 4.79 Å². The lowest BCUT2D eigenvalue weighted by molar-refractivity contribution is 0.103. The van der Waals surface area contributed by atoms with Crippen molar-refractivity contribution in [2.45, 2.75) is 13.0 Å². The maximum absolute atomic E-state index is 14.8. The zero-order chi connectivity index (χ0) is 30.6. The third-order valence-electron chi connectivity index (χ3n) is 7.09. The molecular weight excluding hydrogens is 587 g/mol. The number of benzene rings is 2. The molecule has 0 unspecified atom stereocenters. The van der Waals surface area contributed by atoms with Gasteiger partial charge in [0, 0.05) is 30.1 Å². The minimum absolute atomic E-state index is 0.0105. The summed E-state index contributed by atoms with van der Waals surface area (Å²) in [4.78, 5) is 20.5. The summed E-state index contributed by atoms with van der Waals surface area (Å²) >= 11 is 0. The van der Waals surface area contributed by atoms with Crippen LogP contribution < -0.4 is 15.8 Å². The molecule has 5 aromatic rings. The number of halogens is 3. The van der Waals surface area contributed by atoms with Gasteiger partial charge in [-0.25, -0.2) is 31.3 Å². The van der Waals surface area contributed by atoms with Crippen LogP contribution >= 0.6 is 0 Å². The fraction of sp³-hybridized carbons (Fsp3) is 0.179. The van der Waals surface area contributed by atoms with Gasteiger partial charge in [-0.05, 0) is 42.8 Å². The Morgan fingerprint density at radius 2 is 1.81 bits per heavy atom. The number of ether oxygens (including phenoxy) is 1. The van der Waals surface area contributed by atoms with Crippen LogP contribution in [0.3, 0.4) is 0 Å². The number of hydrogen-bond acceptors (Lipinski definition) is 8. The Labute approximate surface area is 243 Å². The van der Waals surface area contributed by atoms with E-state index < -0.39 is 39.0 Å². The quantitative estimate of drug-likeness (QED) is 0.222. The normalized spacial score (nSPS) is 14.2. The van der Waals surface area contributed by atoms with Crippen LogP contribution in [0.4, 0.5) is 24.7 Å². The molecule has 4 N–H and O–H groups in total. The summed E-state index contributed by atoms with van der Waals surface area (Å²) in [5, 5.41) is 7.68. The van der Waals surface area contributed by atoms with Gasteiger partial charge >= 0.3 is 0 Å². The van der Waals surface area contributed by atoms with Crippen molar-refractivity contribution < 1.29 is 31.1 Å². The molecule has 1 saturated heterocycles. The molecule has 3 aromatic heterocycles. The summed E-state index contributed by atoms with van der Waals surface area (Å²) in [5.41, 5.74) is 8.13. The number of carbonyl (C=O) groups excluding carboxylic acids is 1. The van der Waals surface area contributed by atoms with E-state index in [2.05, 4.69) is 20.4 Å². The fourth-order valence-electron chi connectivity index (χ4n) is 4.76. The molecule has 15 heteroatoms. The van der Waals surface area contributed by atoms with Crippen molar-refractivity contribution in [3.05, 3.63) is 89.1 Å². The van der Waals surface area contributed by atoms with Gasteiger partial charge in [0.25, 0.3) is 0 Å². The minimum Gasteiger partial charge on any atom is -0.433 e. The number of carbonyl (C=O) groups is 1. The smallest absolute Gasteiger partial charge is 0.219 e. The highest BCUT2D eigenvalue weighted by Crippen LogP contribution is 2.30. The number of hydrogen-bond donors (Lipinski definition) is 3. The Kier molecular flexibility index (Phi) is 6.85. The van der Waals surface area contributed by atoms with Crippen LogP contribution in [-0.4, -0.2) is 63.6 Å². The van der Waals surface area contributed by atoms with E-state index in [0.717, 1.165) is 18.4 Å². The van der Waals surface area contributed by atoms with Gasteiger partial charge in [-0.15, -0.1) is 0 Å². The van der Waals surface area contributed by atoms with E-state index >= 15 is 0 Å². The van der Waals surface area contributed by atoms with Gasteiger partial charge < -0.3 is 20.8 Å². The van der Waals surface area contributed by atoms with E-state index in [1.165, 1.54) is 51.7 Å². The lowest BCUT2D eigenvalue weighted by atomic mass is 10.1. The van der Waals surface area contributed by atoms with Crippen molar-refractivity contribution in [1.29, 1.82) is 0 Å². The Hall–Kier alpha value is -4.89. The zero-order valence-electron chi connectivity index (χ0n) is 22.7. The molecule has 0 amide bonds. The number of H-pyrrole nitrogens is 1. The second-order valence-corrected chi connectivity index (χ2v) is 12.2. The Balaban J connectivity index is 1.22. The Morgan fingerprint density at radius 3 is 2.49 bits per heavy atom. The number of aromatic amines is 1. The number of pyridine rings is 1. The number of nitrogens with one attached hydrogen (secondary N) is 2. The fourth-order valence-corrected chi connectivity index (χ4v) is 5.66.